The van der Waals surface area contributed by atoms with Crippen molar-refractivity contribution in [3.63, 3.8) is 0 Å². The van der Waals surface area contributed by atoms with Crippen molar-refractivity contribution in [2.75, 3.05) is 45.7 Å². The van der Waals surface area contributed by atoms with Crippen molar-refractivity contribution >= 4 is 17.6 Å². The molecule has 0 atom stereocenters. The Kier molecular flexibility index (Phi) is 8.05. The SMILES string of the molecule is CC(C)CN(CCN(C)C)C(=O)Nc1ccc(OCC(N)=O)cc1. The molecule has 0 aliphatic carbocycles. The molecule has 0 radical (unpaired) electrons. The van der Waals surface area contributed by atoms with Crippen molar-refractivity contribution in [2.24, 2.45) is 11.7 Å². The zero-order valence-corrected chi connectivity index (χ0v) is 14.9. The molecule has 7 heteroatoms. The van der Waals surface area contributed by atoms with Gasteiger partial charge in [-0.05, 0) is 44.3 Å². The lowest BCUT2D eigenvalue weighted by atomic mass is 10.2. The van der Waals surface area contributed by atoms with Crippen LogP contribution in [0.3, 0.4) is 0 Å². The monoisotopic (exact) mass is 336 g/mol. The predicted molar refractivity (Wildman–Crippen MR) is 95.1 cm³/mol. The summed E-state index contributed by atoms with van der Waals surface area (Å²) in [7, 11) is 3.96. The molecule has 134 valence electrons. The Hall–Kier alpha value is -2.28. The summed E-state index contributed by atoms with van der Waals surface area (Å²) in [6.45, 7) is 6.16. The number of anilines is 1. The van der Waals surface area contributed by atoms with Crippen LogP contribution in [0.1, 0.15) is 13.8 Å². The Morgan fingerprint density at radius 3 is 2.29 bits per heavy atom. The molecule has 7 nitrogen and oxygen atoms in total. The lowest BCUT2D eigenvalue weighted by Gasteiger charge is -2.26. The van der Waals surface area contributed by atoms with E-state index in [1.54, 1.807) is 24.3 Å². The number of rotatable bonds is 9. The summed E-state index contributed by atoms with van der Waals surface area (Å²) in [5.74, 6) is 0.388. The van der Waals surface area contributed by atoms with E-state index >= 15 is 0 Å². The standard InChI is InChI=1S/C17H28N4O3/c1-13(2)11-21(10-9-20(3)4)17(23)19-14-5-7-15(8-6-14)24-12-16(18)22/h5-8,13H,9-12H2,1-4H3,(H2,18,22)(H,19,23). The topological polar surface area (TPSA) is 87.9 Å². The van der Waals surface area contributed by atoms with E-state index in [4.69, 9.17) is 10.5 Å². The quantitative estimate of drug-likeness (QED) is 0.717. The van der Waals surface area contributed by atoms with E-state index in [1.807, 2.05) is 23.9 Å². The maximum absolute atomic E-state index is 12.5. The Balaban J connectivity index is 2.63. The molecular formula is C17H28N4O3. The Bertz CT molecular complexity index is 529. The Morgan fingerprint density at radius 2 is 1.79 bits per heavy atom. The van der Waals surface area contributed by atoms with Gasteiger partial charge < -0.3 is 25.6 Å². The first-order valence-corrected chi connectivity index (χ1v) is 7.99. The van der Waals surface area contributed by atoms with Gasteiger partial charge in [0.1, 0.15) is 5.75 Å². The number of primary amides is 1. The number of nitrogens with zero attached hydrogens (tertiary/aromatic N) is 2. The van der Waals surface area contributed by atoms with Gasteiger partial charge in [0.2, 0.25) is 0 Å². The molecule has 0 saturated heterocycles. The fourth-order valence-corrected chi connectivity index (χ4v) is 2.03. The van der Waals surface area contributed by atoms with Gasteiger partial charge in [-0.3, -0.25) is 4.79 Å². The number of nitrogens with two attached hydrogens (primary N) is 1. The van der Waals surface area contributed by atoms with Crippen LogP contribution >= 0.6 is 0 Å². The van der Waals surface area contributed by atoms with E-state index in [9.17, 15) is 9.59 Å². The van der Waals surface area contributed by atoms with Crippen LogP contribution in [0, 0.1) is 5.92 Å². The molecule has 24 heavy (non-hydrogen) atoms. The molecule has 0 saturated carbocycles. The third kappa shape index (κ3) is 7.82. The van der Waals surface area contributed by atoms with Crippen LogP contribution in [0.2, 0.25) is 0 Å². The summed E-state index contributed by atoms with van der Waals surface area (Å²) in [6, 6.07) is 6.70. The second-order valence-corrected chi connectivity index (χ2v) is 6.35. The van der Waals surface area contributed by atoms with E-state index in [0.717, 1.165) is 6.54 Å². The van der Waals surface area contributed by atoms with E-state index in [0.29, 0.717) is 30.4 Å². The van der Waals surface area contributed by atoms with Crippen molar-refractivity contribution < 1.29 is 14.3 Å². The highest BCUT2D eigenvalue weighted by molar-refractivity contribution is 5.89. The highest BCUT2D eigenvalue weighted by Crippen LogP contribution is 2.16. The number of hydrogen-bond acceptors (Lipinski definition) is 4. The van der Waals surface area contributed by atoms with Crippen LogP contribution in [0.25, 0.3) is 0 Å². The molecule has 3 N–H and O–H groups in total. The van der Waals surface area contributed by atoms with Crippen molar-refractivity contribution in [3.8, 4) is 5.75 Å². The molecule has 0 spiro atoms. The van der Waals surface area contributed by atoms with Gasteiger partial charge in [0, 0.05) is 25.3 Å². The molecule has 1 aromatic carbocycles. The minimum atomic E-state index is -0.530. The summed E-state index contributed by atoms with van der Waals surface area (Å²) >= 11 is 0. The minimum Gasteiger partial charge on any atom is -0.484 e. The largest absolute Gasteiger partial charge is 0.484 e. The molecule has 0 aliphatic rings. The van der Waals surface area contributed by atoms with Gasteiger partial charge in [0.25, 0.3) is 5.91 Å². The average Bonchev–Trinajstić information content (AvgIpc) is 2.50. The van der Waals surface area contributed by atoms with Crippen LogP contribution in [0.15, 0.2) is 24.3 Å². The molecule has 1 rings (SSSR count). The fraction of sp³-hybridized carbons (Fsp3) is 0.529. The lowest BCUT2D eigenvalue weighted by molar-refractivity contribution is -0.119. The van der Waals surface area contributed by atoms with Crippen LogP contribution in [-0.2, 0) is 4.79 Å². The molecule has 0 bridgehead atoms. The Labute approximate surface area is 143 Å². The average molecular weight is 336 g/mol. The second-order valence-electron chi connectivity index (χ2n) is 6.35. The van der Waals surface area contributed by atoms with E-state index in [-0.39, 0.29) is 12.6 Å². The first-order valence-electron chi connectivity index (χ1n) is 7.99. The summed E-state index contributed by atoms with van der Waals surface area (Å²) in [6.07, 6.45) is 0. The number of nitrogens with one attached hydrogen (secondary N) is 1. The lowest BCUT2D eigenvalue weighted by Crippen LogP contribution is -2.41. The van der Waals surface area contributed by atoms with Crippen LogP contribution < -0.4 is 15.8 Å². The molecule has 0 heterocycles. The third-order valence-corrected chi connectivity index (χ3v) is 3.18. The zero-order valence-electron chi connectivity index (χ0n) is 14.9. The first kappa shape index (κ1) is 19.8. The van der Waals surface area contributed by atoms with Gasteiger partial charge in [-0.25, -0.2) is 4.79 Å². The first-order chi connectivity index (χ1) is 11.3. The highest BCUT2D eigenvalue weighted by atomic mass is 16.5. The summed E-state index contributed by atoms with van der Waals surface area (Å²) in [5.41, 5.74) is 5.70. The van der Waals surface area contributed by atoms with Gasteiger partial charge in [0.15, 0.2) is 6.61 Å². The maximum Gasteiger partial charge on any atom is 0.321 e. The van der Waals surface area contributed by atoms with Gasteiger partial charge in [0.05, 0.1) is 0 Å². The molecule has 0 fully saturated rings. The van der Waals surface area contributed by atoms with Crippen LogP contribution in [0.5, 0.6) is 5.75 Å². The second kappa shape index (κ2) is 9.77. The normalized spacial score (nSPS) is 10.8. The van der Waals surface area contributed by atoms with E-state index < -0.39 is 5.91 Å². The van der Waals surface area contributed by atoms with Gasteiger partial charge in [-0.1, -0.05) is 13.8 Å². The Morgan fingerprint density at radius 1 is 1.17 bits per heavy atom. The third-order valence-electron chi connectivity index (χ3n) is 3.18. The number of urea groups is 1. The van der Waals surface area contributed by atoms with Crippen molar-refractivity contribution in [2.45, 2.75) is 13.8 Å². The number of ether oxygens (including phenoxy) is 1. The van der Waals surface area contributed by atoms with Crippen LogP contribution in [0.4, 0.5) is 10.5 Å². The van der Waals surface area contributed by atoms with Crippen LogP contribution in [-0.4, -0.2) is 62.1 Å². The van der Waals surface area contributed by atoms with E-state index in [1.165, 1.54) is 0 Å². The van der Waals surface area contributed by atoms with E-state index in [2.05, 4.69) is 19.2 Å². The van der Waals surface area contributed by atoms with Gasteiger partial charge in [-0.15, -0.1) is 0 Å². The number of carbonyl (C=O) groups excluding carboxylic acids is 2. The number of hydrogen-bond donors (Lipinski definition) is 2. The maximum atomic E-state index is 12.5. The highest BCUT2D eigenvalue weighted by Gasteiger charge is 2.15. The predicted octanol–water partition coefficient (Wildman–Crippen LogP) is 1.60. The summed E-state index contributed by atoms with van der Waals surface area (Å²) in [4.78, 5) is 27.0. The molecule has 1 aromatic rings. The smallest absolute Gasteiger partial charge is 0.321 e. The number of carbonyl (C=O) groups is 2. The van der Waals surface area contributed by atoms with Gasteiger partial charge >= 0.3 is 6.03 Å². The molecular weight excluding hydrogens is 308 g/mol. The number of benzene rings is 1. The molecule has 0 unspecified atom stereocenters. The molecule has 0 aromatic heterocycles. The zero-order chi connectivity index (χ0) is 18.1. The van der Waals surface area contributed by atoms with Gasteiger partial charge in [-0.2, -0.15) is 0 Å². The van der Waals surface area contributed by atoms with Crippen molar-refractivity contribution in [1.82, 2.24) is 9.80 Å². The number of amides is 3. The number of likely N-dealkylation sites (N-methyl/N-ethyl adjacent to an activating group) is 1. The summed E-state index contributed by atoms with van der Waals surface area (Å²) in [5, 5.41) is 2.88. The van der Waals surface area contributed by atoms with Crippen molar-refractivity contribution in [1.29, 1.82) is 0 Å². The minimum absolute atomic E-state index is 0.128. The molecule has 3 amide bonds. The fourth-order valence-electron chi connectivity index (χ4n) is 2.03. The molecule has 0 aliphatic heterocycles. The summed E-state index contributed by atoms with van der Waals surface area (Å²) < 4.78 is 5.19. The van der Waals surface area contributed by atoms with Crippen molar-refractivity contribution in [3.05, 3.63) is 24.3 Å².